The Kier molecular flexibility index (Phi) is 5.71. The van der Waals surface area contributed by atoms with Gasteiger partial charge in [0.25, 0.3) is 0 Å². The summed E-state index contributed by atoms with van der Waals surface area (Å²) >= 11 is 0. The topological polar surface area (TPSA) is 67.2 Å². The first-order valence-electron chi connectivity index (χ1n) is 9.26. The molecule has 6 heteroatoms. The SMILES string of the molecule is C=CC(=O)NC(C)c1nc2ccccc2n1CC(=O)N1CCCCCC1. The van der Waals surface area contributed by atoms with Gasteiger partial charge in [-0.05, 0) is 38.0 Å². The van der Waals surface area contributed by atoms with Gasteiger partial charge in [-0.2, -0.15) is 0 Å². The first kappa shape index (κ1) is 18.2. The molecule has 0 spiro atoms. The van der Waals surface area contributed by atoms with Gasteiger partial charge in [-0.1, -0.05) is 31.6 Å². The van der Waals surface area contributed by atoms with Crippen LogP contribution in [0.25, 0.3) is 11.0 Å². The number of hydrogen-bond acceptors (Lipinski definition) is 3. The molecule has 0 aliphatic carbocycles. The Morgan fingerprint density at radius 3 is 2.62 bits per heavy atom. The van der Waals surface area contributed by atoms with Gasteiger partial charge < -0.3 is 14.8 Å². The lowest BCUT2D eigenvalue weighted by molar-refractivity contribution is -0.131. The highest BCUT2D eigenvalue weighted by molar-refractivity contribution is 5.87. The normalized spacial score (nSPS) is 16.1. The summed E-state index contributed by atoms with van der Waals surface area (Å²) in [5.74, 6) is 0.540. The largest absolute Gasteiger partial charge is 0.343 e. The standard InChI is InChI=1S/C20H26N4O2/c1-3-18(25)21-15(2)20-22-16-10-6-7-11-17(16)24(20)14-19(26)23-12-8-4-5-9-13-23/h3,6-7,10-11,15H,1,4-5,8-9,12-14H2,2H3,(H,21,25). The van der Waals surface area contributed by atoms with Crippen molar-refractivity contribution >= 4 is 22.8 Å². The number of carbonyl (C=O) groups excluding carboxylic acids is 2. The second kappa shape index (κ2) is 8.17. The van der Waals surface area contributed by atoms with Crippen molar-refractivity contribution in [1.82, 2.24) is 19.8 Å². The molecule has 1 unspecified atom stereocenters. The highest BCUT2D eigenvalue weighted by Crippen LogP contribution is 2.21. The average molecular weight is 354 g/mol. The molecular weight excluding hydrogens is 328 g/mol. The van der Waals surface area contributed by atoms with Gasteiger partial charge in [0.1, 0.15) is 12.4 Å². The molecule has 1 N–H and O–H groups in total. The number of para-hydroxylation sites is 2. The Labute approximate surface area is 153 Å². The van der Waals surface area contributed by atoms with Crippen LogP contribution in [-0.4, -0.2) is 39.4 Å². The monoisotopic (exact) mass is 354 g/mol. The fraction of sp³-hybridized carbons (Fsp3) is 0.450. The van der Waals surface area contributed by atoms with Crippen LogP contribution in [0.3, 0.4) is 0 Å². The van der Waals surface area contributed by atoms with Crippen LogP contribution in [0.2, 0.25) is 0 Å². The van der Waals surface area contributed by atoms with Gasteiger partial charge in [0.05, 0.1) is 17.1 Å². The maximum atomic E-state index is 12.9. The van der Waals surface area contributed by atoms with Gasteiger partial charge in [0.2, 0.25) is 11.8 Å². The molecule has 2 aromatic rings. The molecule has 0 radical (unpaired) electrons. The minimum absolute atomic E-state index is 0.110. The maximum absolute atomic E-state index is 12.9. The number of nitrogens with zero attached hydrogens (tertiary/aromatic N) is 3. The van der Waals surface area contributed by atoms with E-state index in [1.54, 1.807) is 0 Å². The Bertz CT molecular complexity index is 803. The molecule has 0 bridgehead atoms. The van der Waals surface area contributed by atoms with Crippen molar-refractivity contribution in [3.8, 4) is 0 Å². The van der Waals surface area contributed by atoms with Crippen molar-refractivity contribution in [2.24, 2.45) is 0 Å². The molecular formula is C20H26N4O2. The lowest BCUT2D eigenvalue weighted by Gasteiger charge is -2.22. The van der Waals surface area contributed by atoms with Crippen LogP contribution in [0.15, 0.2) is 36.9 Å². The summed E-state index contributed by atoms with van der Waals surface area (Å²) in [6, 6.07) is 7.43. The Balaban J connectivity index is 1.89. The van der Waals surface area contributed by atoms with Crippen LogP contribution in [0.4, 0.5) is 0 Å². The third-order valence-corrected chi connectivity index (χ3v) is 4.87. The number of amides is 2. The van der Waals surface area contributed by atoms with Gasteiger partial charge in [0, 0.05) is 13.1 Å². The summed E-state index contributed by atoms with van der Waals surface area (Å²) in [7, 11) is 0. The van der Waals surface area contributed by atoms with Crippen LogP contribution >= 0.6 is 0 Å². The molecule has 6 nitrogen and oxygen atoms in total. The predicted molar refractivity (Wildman–Crippen MR) is 102 cm³/mol. The highest BCUT2D eigenvalue weighted by Gasteiger charge is 2.22. The number of imidazole rings is 1. The quantitative estimate of drug-likeness (QED) is 0.840. The third kappa shape index (κ3) is 3.95. The number of benzene rings is 1. The summed E-state index contributed by atoms with van der Waals surface area (Å²) in [6.07, 6.45) is 5.75. The van der Waals surface area contributed by atoms with Gasteiger partial charge in [0.15, 0.2) is 0 Å². The molecule has 1 atom stereocenters. The minimum atomic E-state index is -0.315. The number of likely N-dealkylation sites (tertiary alicyclic amines) is 1. The second-order valence-electron chi connectivity index (χ2n) is 6.77. The molecule has 3 rings (SSSR count). The van der Waals surface area contributed by atoms with E-state index in [0.29, 0.717) is 5.82 Å². The second-order valence-corrected chi connectivity index (χ2v) is 6.77. The molecule has 138 valence electrons. The van der Waals surface area contributed by atoms with Crippen LogP contribution in [0.1, 0.15) is 44.5 Å². The zero-order chi connectivity index (χ0) is 18.5. The van der Waals surface area contributed by atoms with E-state index < -0.39 is 0 Å². The first-order valence-corrected chi connectivity index (χ1v) is 9.26. The summed E-state index contributed by atoms with van der Waals surface area (Å²) in [6.45, 7) is 7.25. The van der Waals surface area contributed by atoms with Crippen molar-refractivity contribution in [3.63, 3.8) is 0 Å². The van der Waals surface area contributed by atoms with Crippen LogP contribution in [0, 0.1) is 0 Å². The van der Waals surface area contributed by atoms with E-state index in [9.17, 15) is 9.59 Å². The van der Waals surface area contributed by atoms with Crippen LogP contribution in [0.5, 0.6) is 0 Å². The molecule has 1 aromatic carbocycles. The average Bonchev–Trinajstić information content (AvgIpc) is 2.82. The fourth-order valence-electron chi connectivity index (χ4n) is 3.48. The number of fused-ring (bicyclic) bond motifs is 1. The van der Waals surface area contributed by atoms with Gasteiger partial charge >= 0.3 is 0 Å². The Morgan fingerprint density at radius 1 is 1.23 bits per heavy atom. The molecule has 1 aromatic heterocycles. The van der Waals surface area contributed by atoms with E-state index in [-0.39, 0.29) is 24.4 Å². The summed E-state index contributed by atoms with van der Waals surface area (Å²) < 4.78 is 1.93. The van der Waals surface area contributed by atoms with Crippen LogP contribution < -0.4 is 5.32 Å². The molecule has 26 heavy (non-hydrogen) atoms. The molecule has 2 amide bonds. The summed E-state index contributed by atoms with van der Waals surface area (Å²) in [5.41, 5.74) is 1.73. The number of carbonyl (C=O) groups is 2. The molecule has 1 saturated heterocycles. The summed E-state index contributed by atoms with van der Waals surface area (Å²) in [5, 5.41) is 2.84. The van der Waals surface area contributed by atoms with Crippen molar-refractivity contribution in [3.05, 3.63) is 42.7 Å². The van der Waals surface area contributed by atoms with E-state index >= 15 is 0 Å². The number of nitrogens with one attached hydrogen (secondary N) is 1. The Hall–Kier alpha value is -2.63. The van der Waals surface area contributed by atoms with Crippen LogP contribution in [-0.2, 0) is 16.1 Å². The molecule has 1 aliphatic rings. The smallest absolute Gasteiger partial charge is 0.243 e. The highest BCUT2D eigenvalue weighted by atomic mass is 16.2. The zero-order valence-electron chi connectivity index (χ0n) is 15.3. The lowest BCUT2D eigenvalue weighted by Crippen LogP contribution is -2.35. The van der Waals surface area contributed by atoms with Crippen molar-refractivity contribution < 1.29 is 9.59 Å². The third-order valence-electron chi connectivity index (χ3n) is 4.87. The fourth-order valence-corrected chi connectivity index (χ4v) is 3.48. The van der Waals surface area contributed by atoms with E-state index in [2.05, 4.69) is 16.9 Å². The molecule has 0 saturated carbocycles. The number of aromatic nitrogens is 2. The number of rotatable bonds is 5. The predicted octanol–water partition coefficient (Wildman–Crippen LogP) is 2.80. The van der Waals surface area contributed by atoms with E-state index in [1.165, 1.54) is 18.9 Å². The lowest BCUT2D eigenvalue weighted by atomic mass is 10.2. The van der Waals surface area contributed by atoms with E-state index in [1.807, 2.05) is 40.7 Å². The minimum Gasteiger partial charge on any atom is -0.343 e. The zero-order valence-corrected chi connectivity index (χ0v) is 15.3. The van der Waals surface area contributed by atoms with Crippen molar-refractivity contribution in [2.75, 3.05) is 13.1 Å². The maximum Gasteiger partial charge on any atom is 0.243 e. The molecule has 1 aliphatic heterocycles. The number of hydrogen-bond donors (Lipinski definition) is 1. The van der Waals surface area contributed by atoms with E-state index in [4.69, 9.17) is 0 Å². The Morgan fingerprint density at radius 2 is 1.92 bits per heavy atom. The van der Waals surface area contributed by atoms with E-state index in [0.717, 1.165) is 37.0 Å². The van der Waals surface area contributed by atoms with Gasteiger partial charge in [-0.3, -0.25) is 9.59 Å². The molecule has 2 heterocycles. The molecule has 1 fully saturated rings. The van der Waals surface area contributed by atoms with Gasteiger partial charge in [-0.15, -0.1) is 0 Å². The van der Waals surface area contributed by atoms with Crippen molar-refractivity contribution in [1.29, 1.82) is 0 Å². The first-order chi connectivity index (χ1) is 12.6. The summed E-state index contributed by atoms with van der Waals surface area (Å²) in [4.78, 5) is 31.2. The van der Waals surface area contributed by atoms with Gasteiger partial charge in [-0.25, -0.2) is 4.98 Å². The van der Waals surface area contributed by atoms with Crippen molar-refractivity contribution in [2.45, 2.75) is 45.2 Å².